The van der Waals surface area contributed by atoms with Gasteiger partial charge in [-0.25, -0.2) is 4.98 Å². The highest BCUT2D eigenvalue weighted by molar-refractivity contribution is 7.09. The highest BCUT2D eigenvalue weighted by atomic mass is 32.1. The Kier molecular flexibility index (Phi) is 8.35. The van der Waals surface area contributed by atoms with Crippen LogP contribution in [0.1, 0.15) is 71.0 Å². The number of aromatic nitrogens is 1. The van der Waals surface area contributed by atoms with Crippen molar-refractivity contribution >= 4 is 29.2 Å². The average Bonchev–Trinajstić information content (AvgIpc) is 3.25. The molecular formula is C25H38N2O6S. The molecule has 6 unspecified atom stereocenters. The average molecular weight is 495 g/mol. The predicted octanol–water partition coefficient (Wildman–Crippen LogP) is 3.00. The molecule has 2 saturated heterocycles. The van der Waals surface area contributed by atoms with E-state index in [0.717, 1.165) is 5.01 Å². The van der Waals surface area contributed by atoms with E-state index >= 15 is 0 Å². The standard InChI is InChI=1S/C25H38N2O6S/c1-14(12-18-13-34-17(4)27-18)21-23(30)25(31)19(33-25)8-10-26-16(3)11-15(2)22(29)24(5,6)9-7-20(28)32-21/h12-13,15-16,19,21,23,26,30-31H,7-11H2,1-6H3. The third kappa shape index (κ3) is 6.31. The summed E-state index contributed by atoms with van der Waals surface area (Å²) in [6.45, 7) is 11.8. The van der Waals surface area contributed by atoms with Crippen LogP contribution in [0.25, 0.3) is 6.08 Å². The van der Waals surface area contributed by atoms with Crippen LogP contribution >= 0.6 is 11.3 Å². The zero-order valence-electron chi connectivity index (χ0n) is 21.0. The van der Waals surface area contributed by atoms with Gasteiger partial charge in [0.05, 0.1) is 10.7 Å². The highest BCUT2D eigenvalue weighted by Gasteiger charge is 2.63. The number of aryl methyl sites for hydroxylation is 1. The fourth-order valence-corrected chi connectivity index (χ4v) is 5.26. The first-order valence-electron chi connectivity index (χ1n) is 12.0. The van der Waals surface area contributed by atoms with E-state index in [9.17, 15) is 19.8 Å². The van der Waals surface area contributed by atoms with Gasteiger partial charge in [0.1, 0.15) is 11.9 Å². The molecule has 0 radical (unpaired) electrons. The molecule has 0 amide bonds. The van der Waals surface area contributed by atoms with Gasteiger partial charge in [-0.3, -0.25) is 9.59 Å². The lowest BCUT2D eigenvalue weighted by atomic mass is 9.76. The molecule has 0 bridgehead atoms. The number of thiazole rings is 1. The molecule has 0 saturated carbocycles. The lowest BCUT2D eigenvalue weighted by Crippen LogP contribution is -2.45. The smallest absolute Gasteiger partial charge is 0.306 e. The van der Waals surface area contributed by atoms with Gasteiger partial charge in [0, 0.05) is 29.2 Å². The molecule has 1 aromatic heterocycles. The van der Waals surface area contributed by atoms with Crippen LogP contribution in [-0.4, -0.2) is 63.6 Å². The Morgan fingerprint density at radius 2 is 2.03 bits per heavy atom. The second-order valence-electron chi connectivity index (χ2n) is 10.4. The van der Waals surface area contributed by atoms with Crippen LogP contribution < -0.4 is 5.32 Å². The molecule has 6 atom stereocenters. The number of hydrogen-bond donors (Lipinski definition) is 3. The first-order valence-corrected chi connectivity index (χ1v) is 12.9. The van der Waals surface area contributed by atoms with Crippen LogP contribution in [0.15, 0.2) is 11.0 Å². The number of hydrogen-bond acceptors (Lipinski definition) is 9. The molecule has 3 rings (SSSR count). The first kappa shape index (κ1) is 26.9. The Hall–Kier alpha value is -1.65. The number of ether oxygens (including phenoxy) is 2. The van der Waals surface area contributed by atoms with E-state index in [1.54, 1.807) is 13.0 Å². The lowest BCUT2D eigenvalue weighted by Gasteiger charge is -2.29. The van der Waals surface area contributed by atoms with Crippen molar-refractivity contribution < 1.29 is 29.3 Å². The van der Waals surface area contributed by atoms with Crippen molar-refractivity contribution in [2.45, 2.75) is 97.4 Å². The van der Waals surface area contributed by atoms with Crippen molar-refractivity contribution in [3.63, 3.8) is 0 Å². The maximum atomic E-state index is 13.1. The summed E-state index contributed by atoms with van der Waals surface area (Å²) in [5.74, 6) is -2.37. The van der Waals surface area contributed by atoms with Gasteiger partial charge in [0.15, 0.2) is 12.2 Å². The largest absolute Gasteiger partial charge is 0.455 e. The van der Waals surface area contributed by atoms with Crippen molar-refractivity contribution in [1.82, 2.24) is 10.3 Å². The highest BCUT2D eigenvalue weighted by Crippen LogP contribution is 2.42. The molecule has 0 aliphatic carbocycles. The van der Waals surface area contributed by atoms with Crippen molar-refractivity contribution in [3.8, 4) is 0 Å². The number of nitrogens with one attached hydrogen (secondary N) is 1. The van der Waals surface area contributed by atoms with E-state index in [1.165, 1.54) is 11.3 Å². The van der Waals surface area contributed by atoms with E-state index < -0.39 is 35.5 Å². The van der Waals surface area contributed by atoms with E-state index in [2.05, 4.69) is 10.3 Å². The monoisotopic (exact) mass is 494 g/mol. The van der Waals surface area contributed by atoms with Gasteiger partial charge in [-0.1, -0.05) is 20.8 Å². The summed E-state index contributed by atoms with van der Waals surface area (Å²) < 4.78 is 11.2. The number of Topliss-reactive ketones (excluding diaryl/α,β-unsaturated/α-hetero) is 1. The quantitative estimate of drug-likeness (QED) is 0.424. The molecule has 34 heavy (non-hydrogen) atoms. The molecule has 3 N–H and O–H groups in total. The maximum Gasteiger partial charge on any atom is 0.306 e. The van der Waals surface area contributed by atoms with Crippen LogP contribution in [0.3, 0.4) is 0 Å². The molecule has 9 heteroatoms. The van der Waals surface area contributed by atoms with Crippen molar-refractivity contribution in [2.24, 2.45) is 11.3 Å². The number of aliphatic hydroxyl groups is 2. The number of rotatable bonds is 2. The minimum Gasteiger partial charge on any atom is -0.455 e. The van der Waals surface area contributed by atoms with Gasteiger partial charge < -0.3 is 25.0 Å². The maximum absolute atomic E-state index is 13.1. The number of cyclic esters (lactones) is 1. The fourth-order valence-electron chi connectivity index (χ4n) is 4.69. The zero-order valence-corrected chi connectivity index (χ0v) is 21.8. The first-order chi connectivity index (χ1) is 15.8. The zero-order chi connectivity index (χ0) is 25.3. The minimum absolute atomic E-state index is 0.0221. The number of nitrogens with zero attached hydrogens (tertiary/aromatic N) is 1. The Morgan fingerprint density at radius 3 is 2.68 bits per heavy atom. The van der Waals surface area contributed by atoms with Crippen molar-refractivity contribution in [2.75, 3.05) is 6.54 Å². The van der Waals surface area contributed by atoms with Crippen LogP contribution in [-0.2, 0) is 19.1 Å². The van der Waals surface area contributed by atoms with E-state index in [1.807, 2.05) is 40.0 Å². The van der Waals surface area contributed by atoms with E-state index in [0.29, 0.717) is 37.1 Å². The summed E-state index contributed by atoms with van der Waals surface area (Å²) >= 11 is 1.49. The predicted molar refractivity (Wildman–Crippen MR) is 130 cm³/mol. The molecule has 1 aromatic rings. The number of carbonyl (C=O) groups is 2. The van der Waals surface area contributed by atoms with Crippen molar-refractivity contribution in [3.05, 3.63) is 21.7 Å². The summed E-state index contributed by atoms with van der Waals surface area (Å²) in [4.78, 5) is 30.3. The van der Waals surface area contributed by atoms with E-state index in [-0.39, 0.29) is 24.2 Å². The summed E-state index contributed by atoms with van der Waals surface area (Å²) in [6, 6.07) is 0.101. The third-order valence-corrected chi connectivity index (χ3v) is 7.63. The number of aliphatic hydroxyl groups excluding tert-OH is 1. The molecular weight excluding hydrogens is 456 g/mol. The summed E-state index contributed by atoms with van der Waals surface area (Å²) in [6.07, 6.45) is 0.0874. The summed E-state index contributed by atoms with van der Waals surface area (Å²) in [5, 5.41) is 28.2. The van der Waals surface area contributed by atoms with Gasteiger partial charge in [-0.15, -0.1) is 11.3 Å². The van der Waals surface area contributed by atoms with Crippen LogP contribution in [0.2, 0.25) is 0 Å². The van der Waals surface area contributed by atoms with Crippen LogP contribution in [0.5, 0.6) is 0 Å². The lowest BCUT2D eigenvalue weighted by molar-refractivity contribution is -0.165. The van der Waals surface area contributed by atoms with Crippen LogP contribution in [0, 0.1) is 18.3 Å². The molecule has 0 aromatic carbocycles. The third-order valence-electron chi connectivity index (χ3n) is 6.84. The van der Waals surface area contributed by atoms with E-state index in [4.69, 9.17) is 9.47 Å². The number of esters is 1. The van der Waals surface area contributed by atoms with Crippen molar-refractivity contribution in [1.29, 1.82) is 0 Å². The Morgan fingerprint density at radius 1 is 1.32 bits per heavy atom. The molecule has 2 aliphatic rings. The van der Waals surface area contributed by atoms with Gasteiger partial charge in [0.2, 0.25) is 5.79 Å². The SMILES string of the molecule is CC(=Cc1csc(C)n1)C1OC(=O)CCC(C)(C)C(=O)C(C)CC(C)NCCC2OC2(O)C1O. The Labute approximate surface area is 205 Å². The number of carbonyl (C=O) groups excluding carboxylic acids is 2. The normalized spacial score (nSPS) is 36.0. The Bertz CT molecular complexity index is 928. The van der Waals surface area contributed by atoms with Gasteiger partial charge in [-0.2, -0.15) is 0 Å². The second kappa shape index (κ2) is 10.5. The van der Waals surface area contributed by atoms with Gasteiger partial charge in [0.25, 0.3) is 0 Å². The van der Waals surface area contributed by atoms with Gasteiger partial charge >= 0.3 is 5.97 Å². The molecule has 2 aliphatic heterocycles. The molecule has 3 heterocycles. The molecule has 190 valence electrons. The topological polar surface area (TPSA) is 121 Å². The molecule has 0 spiro atoms. The fraction of sp³-hybridized carbons (Fsp3) is 0.720. The number of epoxide rings is 1. The summed E-state index contributed by atoms with van der Waals surface area (Å²) in [5.41, 5.74) is 0.551. The Balaban J connectivity index is 1.85. The molecule has 8 nitrogen and oxygen atoms in total. The minimum atomic E-state index is -1.79. The summed E-state index contributed by atoms with van der Waals surface area (Å²) in [7, 11) is 0. The number of ketones is 1. The number of fused-ring (bicyclic) bond motifs is 1. The molecule has 2 fully saturated rings. The van der Waals surface area contributed by atoms with Gasteiger partial charge in [-0.05, 0) is 58.2 Å². The second-order valence-corrected chi connectivity index (χ2v) is 11.5. The van der Waals surface area contributed by atoms with Crippen LogP contribution in [0.4, 0.5) is 0 Å².